The molecule has 1 N–H and O–H groups in total. The summed E-state index contributed by atoms with van der Waals surface area (Å²) >= 11 is 5.43. The molecule has 0 aliphatic carbocycles. The van der Waals surface area contributed by atoms with E-state index in [4.69, 9.17) is 17.0 Å². The highest BCUT2D eigenvalue weighted by molar-refractivity contribution is 7.80. The number of benzene rings is 2. The van der Waals surface area contributed by atoms with E-state index in [-0.39, 0.29) is 24.2 Å². The summed E-state index contributed by atoms with van der Waals surface area (Å²) in [6.07, 6.45) is 4.28. The quantitative estimate of drug-likeness (QED) is 0.247. The maximum Gasteiger partial charge on any atom is 0.307 e. The van der Waals surface area contributed by atoms with Gasteiger partial charge in [-0.15, -0.1) is 0 Å². The molecule has 33 heavy (non-hydrogen) atoms. The Kier molecular flexibility index (Phi) is 6.18. The second-order valence-corrected chi connectivity index (χ2v) is 7.86. The number of nitrogens with one attached hydrogen (secondary N) is 1. The monoisotopic (exact) mass is 463 g/mol. The van der Waals surface area contributed by atoms with Crippen LogP contribution in [0.4, 0.5) is 5.69 Å². The zero-order chi connectivity index (χ0) is 23.5. The summed E-state index contributed by atoms with van der Waals surface area (Å²) < 4.78 is 6.89. The maximum atomic E-state index is 13.1. The first-order chi connectivity index (χ1) is 15.9. The van der Waals surface area contributed by atoms with Crippen LogP contribution >= 0.6 is 12.2 Å². The minimum atomic E-state index is -0.496. The molecule has 1 atom stereocenters. The second kappa shape index (κ2) is 9.21. The first kappa shape index (κ1) is 22.2. The van der Waals surface area contributed by atoms with E-state index >= 15 is 0 Å². The van der Waals surface area contributed by atoms with Crippen LogP contribution in [-0.2, 0) is 11.3 Å². The number of rotatable bonds is 7. The van der Waals surface area contributed by atoms with Crippen molar-refractivity contribution in [1.82, 2.24) is 20.0 Å². The van der Waals surface area contributed by atoms with Crippen LogP contribution in [0.3, 0.4) is 0 Å². The average Bonchev–Trinajstić information content (AvgIpc) is 3.38. The average molecular weight is 464 g/mol. The highest BCUT2D eigenvalue weighted by Gasteiger charge is 2.34. The van der Waals surface area contributed by atoms with Crippen LogP contribution in [-0.4, -0.2) is 37.7 Å². The van der Waals surface area contributed by atoms with Gasteiger partial charge in [0.1, 0.15) is 23.8 Å². The van der Waals surface area contributed by atoms with Gasteiger partial charge in [-0.25, -0.2) is 0 Å². The van der Waals surface area contributed by atoms with Gasteiger partial charge in [-0.1, -0.05) is 36.4 Å². The number of nitrogens with zero attached hydrogens (tertiary/aromatic N) is 4. The van der Waals surface area contributed by atoms with Crippen molar-refractivity contribution in [2.45, 2.75) is 19.5 Å². The van der Waals surface area contributed by atoms with Crippen LogP contribution < -0.4 is 10.1 Å². The van der Waals surface area contributed by atoms with E-state index in [0.29, 0.717) is 16.6 Å². The number of hydrogen-bond donors (Lipinski definition) is 1. The van der Waals surface area contributed by atoms with Gasteiger partial charge in [-0.2, -0.15) is 5.10 Å². The number of ether oxygens (including phenoxy) is 1. The molecular formula is C23H21N5O4S. The number of hydrogen-bond acceptors (Lipinski definition) is 6. The molecule has 1 unspecified atom stereocenters. The summed E-state index contributed by atoms with van der Waals surface area (Å²) in [5.41, 5.74) is 2.77. The highest BCUT2D eigenvalue weighted by atomic mass is 32.1. The molecule has 9 nitrogen and oxygen atoms in total. The van der Waals surface area contributed by atoms with Crippen LogP contribution in [0.25, 0.3) is 6.08 Å². The highest BCUT2D eigenvalue weighted by Crippen LogP contribution is 2.27. The second-order valence-electron chi connectivity index (χ2n) is 7.47. The third kappa shape index (κ3) is 4.60. The van der Waals surface area contributed by atoms with Crippen molar-refractivity contribution in [1.29, 1.82) is 0 Å². The molecule has 1 aliphatic rings. The van der Waals surface area contributed by atoms with E-state index in [0.717, 1.165) is 16.7 Å². The summed E-state index contributed by atoms with van der Waals surface area (Å²) in [7, 11) is 1.55. The van der Waals surface area contributed by atoms with E-state index < -0.39 is 4.92 Å². The molecule has 1 amide bonds. The van der Waals surface area contributed by atoms with Gasteiger partial charge >= 0.3 is 5.69 Å². The third-order valence-corrected chi connectivity index (χ3v) is 5.66. The van der Waals surface area contributed by atoms with Crippen molar-refractivity contribution in [2.24, 2.45) is 0 Å². The Morgan fingerprint density at radius 3 is 2.70 bits per heavy atom. The smallest absolute Gasteiger partial charge is 0.307 e. The summed E-state index contributed by atoms with van der Waals surface area (Å²) in [6.45, 7) is 2.20. The molecule has 0 spiro atoms. The molecule has 10 heteroatoms. The van der Waals surface area contributed by atoms with Gasteiger partial charge in [0.25, 0.3) is 5.91 Å². The maximum absolute atomic E-state index is 13.1. The van der Waals surface area contributed by atoms with Gasteiger partial charge < -0.3 is 10.1 Å². The molecule has 0 radical (unpaired) electrons. The molecule has 1 fully saturated rings. The number of thiocarbonyl (C=S) groups is 1. The van der Waals surface area contributed by atoms with Crippen molar-refractivity contribution in [3.63, 3.8) is 0 Å². The Morgan fingerprint density at radius 2 is 2.03 bits per heavy atom. The van der Waals surface area contributed by atoms with Crippen LogP contribution in [0.5, 0.6) is 5.75 Å². The van der Waals surface area contributed by atoms with E-state index in [1.165, 1.54) is 17.1 Å². The van der Waals surface area contributed by atoms with Crippen molar-refractivity contribution >= 4 is 35.0 Å². The lowest BCUT2D eigenvalue weighted by Gasteiger charge is -2.23. The lowest BCUT2D eigenvalue weighted by atomic mass is 10.1. The van der Waals surface area contributed by atoms with Gasteiger partial charge in [0.15, 0.2) is 5.11 Å². The largest absolute Gasteiger partial charge is 0.496 e. The predicted octanol–water partition coefficient (Wildman–Crippen LogP) is 3.67. The summed E-state index contributed by atoms with van der Waals surface area (Å²) in [5, 5.41) is 18.3. The molecule has 2 aromatic carbocycles. The first-order valence-electron chi connectivity index (χ1n) is 10.1. The Hall–Kier alpha value is -4.05. The fourth-order valence-electron chi connectivity index (χ4n) is 3.67. The van der Waals surface area contributed by atoms with Crippen molar-refractivity contribution in [3.05, 3.63) is 93.4 Å². The van der Waals surface area contributed by atoms with Crippen molar-refractivity contribution in [3.8, 4) is 5.75 Å². The van der Waals surface area contributed by atoms with Crippen LogP contribution in [0.15, 0.2) is 66.6 Å². The van der Waals surface area contributed by atoms with Gasteiger partial charge in [0, 0.05) is 5.56 Å². The molecule has 0 bridgehead atoms. The zero-order valence-electron chi connectivity index (χ0n) is 18.0. The number of carbonyl (C=O) groups excluding carboxylic acids is 1. The van der Waals surface area contributed by atoms with Crippen LogP contribution in [0, 0.1) is 10.1 Å². The van der Waals surface area contributed by atoms with E-state index in [1.54, 1.807) is 24.2 Å². The molecule has 1 aromatic heterocycles. The molecule has 4 rings (SSSR count). The Morgan fingerprint density at radius 1 is 1.27 bits per heavy atom. The Labute approximate surface area is 195 Å². The topological polar surface area (TPSA) is 103 Å². The lowest BCUT2D eigenvalue weighted by molar-refractivity contribution is -0.385. The van der Waals surface area contributed by atoms with Gasteiger partial charge in [0.05, 0.1) is 24.6 Å². The first-order valence-corrected chi connectivity index (χ1v) is 10.5. The van der Waals surface area contributed by atoms with Gasteiger partial charge in [-0.3, -0.25) is 24.5 Å². The minimum Gasteiger partial charge on any atom is -0.496 e. The standard InChI is InChI=1S/C23H21N5O4S/c1-15(17-6-4-3-5-7-17)27-22(29)20(25-23(27)33)11-16-8-9-21(32-2)18(10-16)13-26-14-19(12-24-26)28(30)31/h3-12,14-15H,13H2,1-2H3,(H,25,33)/b20-11-. The molecule has 1 aliphatic heterocycles. The number of aromatic nitrogens is 2. The molecule has 3 aromatic rings. The normalized spacial score (nSPS) is 15.6. The van der Waals surface area contributed by atoms with Crippen LogP contribution in [0.1, 0.15) is 29.7 Å². The summed E-state index contributed by atoms with van der Waals surface area (Å²) in [4.78, 5) is 25.1. The fourth-order valence-corrected chi connectivity index (χ4v) is 4.02. The number of nitro groups is 1. The molecule has 0 saturated carbocycles. The predicted molar refractivity (Wildman–Crippen MR) is 126 cm³/mol. The van der Waals surface area contributed by atoms with Crippen molar-refractivity contribution in [2.75, 3.05) is 7.11 Å². The van der Waals surface area contributed by atoms with Crippen molar-refractivity contribution < 1.29 is 14.5 Å². The van der Waals surface area contributed by atoms with Gasteiger partial charge in [-0.05, 0) is 48.5 Å². The summed E-state index contributed by atoms with van der Waals surface area (Å²) in [5.74, 6) is 0.396. The summed E-state index contributed by atoms with van der Waals surface area (Å²) in [6, 6.07) is 14.9. The fraction of sp³-hybridized carbons (Fsp3) is 0.174. The van der Waals surface area contributed by atoms with Crippen LogP contribution in [0.2, 0.25) is 0 Å². The van der Waals surface area contributed by atoms with E-state index in [9.17, 15) is 14.9 Å². The number of carbonyl (C=O) groups is 1. The molecule has 1 saturated heterocycles. The molecule has 168 valence electrons. The minimum absolute atomic E-state index is 0.0888. The van der Waals surface area contributed by atoms with E-state index in [1.807, 2.05) is 49.4 Å². The lowest BCUT2D eigenvalue weighted by Crippen LogP contribution is -2.33. The van der Waals surface area contributed by atoms with E-state index in [2.05, 4.69) is 10.4 Å². The van der Waals surface area contributed by atoms with Gasteiger partial charge in [0.2, 0.25) is 0 Å². The Bertz CT molecular complexity index is 1250. The molecule has 2 heterocycles. The number of methoxy groups -OCH3 is 1. The molecular weight excluding hydrogens is 442 g/mol. The third-order valence-electron chi connectivity index (χ3n) is 5.36. The SMILES string of the molecule is COc1ccc(/C=C2\NC(=S)N(C(C)c3ccccc3)C2=O)cc1Cn1cc([N+](=O)[O-])cn1. The Balaban J connectivity index is 1.59. The zero-order valence-corrected chi connectivity index (χ0v) is 18.8. The number of amides is 1.